The van der Waals surface area contributed by atoms with Crippen molar-refractivity contribution in [1.82, 2.24) is 0 Å². The van der Waals surface area contributed by atoms with Crippen molar-refractivity contribution in [3.8, 4) is 0 Å². The van der Waals surface area contributed by atoms with Crippen LogP contribution in [0.5, 0.6) is 0 Å². The number of carbonyl (C=O) groups excluding carboxylic acids is 1. The molecule has 0 radical (unpaired) electrons. The van der Waals surface area contributed by atoms with E-state index in [0.717, 1.165) is 24.8 Å². The van der Waals surface area contributed by atoms with E-state index in [9.17, 15) is 4.79 Å². The first kappa shape index (κ1) is 17.1. The van der Waals surface area contributed by atoms with Crippen LogP contribution in [0.4, 0.5) is 0 Å². The van der Waals surface area contributed by atoms with Gasteiger partial charge in [0.15, 0.2) is 0 Å². The molecule has 2 rings (SSSR count). The predicted octanol–water partition coefficient (Wildman–Crippen LogP) is 5.40. The van der Waals surface area contributed by atoms with Crippen LogP contribution in [0.3, 0.4) is 0 Å². The number of hydrogen-bond acceptors (Lipinski definition) is 2. The number of esters is 1. The summed E-state index contributed by atoms with van der Waals surface area (Å²) in [6.07, 6.45) is 10.5. The summed E-state index contributed by atoms with van der Waals surface area (Å²) >= 11 is 0. The normalized spacial score (nSPS) is 21.1. The van der Waals surface area contributed by atoms with E-state index in [0.29, 0.717) is 0 Å². The average molecular weight is 302 g/mol. The maximum atomic E-state index is 12.1. The second kappa shape index (κ2) is 8.97. The lowest BCUT2D eigenvalue weighted by Crippen LogP contribution is -2.06. The van der Waals surface area contributed by atoms with Gasteiger partial charge in [0.05, 0.1) is 5.92 Å². The Bertz CT molecular complexity index is 449. The topological polar surface area (TPSA) is 26.3 Å². The quantitative estimate of drug-likeness (QED) is 0.451. The maximum absolute atomic E-state index is 12.1. The van der Waals surface area contributed by atoms with Gasteiger partial charge in [-0.2, -0.15) is 0 Å². The van der Waals surface area contributed by atoms with E-state index in [1.165, 1.54) is 44.1 Å². The van der Waals surface area contributed by atoms with Crippen LogP contribution in [0, 0.1) is 0 Å². The summed E-state index contributed by atoms with van der Waals surface area (Å²) in [5.41, 5.74) is 2.49. The third kappa shape index (κ3) is 4.86. The first-order chi connectivity index (χ1) is 10.7. The van der Waals surface area contributed by atoms with E-state index < -0.39 is 0 Å². The molecular formula is C20H30O2. The van der Waals surface area contributed by atoms with E-state index in [-0.39, 0.29) is 18.0 Å². The Hall–Kier alpha value is -1.31. The molecule has 1 aliphatic rings. The van der Waals surface area contributed by atoms with Crippen LogP contribution in [0.1, 0.15) is 82.3 Å². The predicted molar refractivity (Wildman–Crippen MR) is 91.1 cm³/mol. The number of cyclic esters (lactones) is 1. The van der Waals surface area contributed by atoms with Crippen molar-refractivity contribution < 1.29 is 9.53 Å². The summed E-state index contributed by atoms with van der Waals surface area (Å²) in [5, 5.41) is 0. The molecule has 0 aromatic heterocycles. The summed E-state index contributed by atoms with van der Waals surface area (Å²) in [4.78, 5) is 12.1. The zero-order valence-electron chi connectivity index (χ0n) is 14.1. The van der Waals surface area contributed by atoms with Crippen molar-refractivity contribution in [2.75, 3.05) is 0 Å². The van der Waals surface area contributed by atoms with Crippen LogP contribution in [0.2, 0.25) is 0 Å². The molecule has 1 heterocycles. The van der Waals surface area contributed by atoms with Gasteiger partial charge in [0.2, 0.25) is 0 Å². The number of benzene rings is 1. The fourth-order valence-electron chi connectivity index (χ4n) is 3.20. The lowest BCUT2D eigenvalue weighted by Gasteiger charge is -2.08. The van der Waals surface area contributed by atoms with E-state index in [1.54, 1.807) is 0 Å². The average Bonchev–Trinajstić information content (AvgIpc) is 2.91. The Morgan fingerprint density at radius 3 is 2.41 bits per heavy atom. The van der Waals surface area contributed by atoms with Gasteiger partial charge < -0.3 is 4.74 Å². The number of aryl methyl sites for hydroxylation is 1. The summed E-state index contributed by atoms with van der Waals surface area (Å²) in [6.45, 7) is 4.43. The van der Waals surface area contributed by atoms with E-state index in [4.69, 9.17) is 4.74 Å². The summed E-state index contributed by atoms with van der Waals surface area (Å²) in [7, 11) is 0. The molecule has 0 amide bonds. The van der Waals surface area contributed by atoms with E-state index in [1.807, 2.05) is 0 Å². The molecule has 2 atom stereocenters. The summed E-state index contributed by atoms with van der Waals surface area (Å²) in [6, 6.07) is 8.59. The van der Waals surface area contributed by atoms with E-state index in [2.05, 4.69) is 38.1 Å². The smallest absolute Gasteiger partial charge is 0.313 e. The molecule has 1 aromatic rings. The second-order valence-electron chi connectivity index (χ2n) is 6.54. The third-order valence-electron chi connectivity index (χ3n) is 4.65. The van der Waals surface area contributed by atoms with Crippen molar-refractivity contribution in [2.45, 2.75) is 83.7 Å². The molecule has 1 aliphatic heterocycles. The van der Waals surface area contributed by atoms with Gasteiger partial charge in [0.25, 0.3) is 0 Å². The second-order valence-corrected chi connectivity index (χ2v) is 6.54. The molecule has 2 nitrogen and oxygen atoms in total. The van der Waals surface area contributed by atoms with Crippen LogP contribution in [0.15, 0.2) is 24.3 Å². The molecule has 0 N–H and O–H groups in total. The number of ether oxygens (including phenoxy) is 1. The Labute approximate surface area is 135 Å². The minimum atomic E-state index is -0.0450. The van der Waals surface area contributed by atoms with Gasteiger partial charge in [-0.3, -0.25) is 4.79 Å². The van der Waals surface area contributed by atoms with Crippen molar-refractivity contribution in [3.05, 3.63) is 35.4 Å². The van der Waals surface area contributed by atoms with Crippen molar-refractivity contribution in [3.63, 3.8) is 0 Å². The van der Waals surface area contributed by atoms with Gasteiger partial charge in [-0.05, 0) is 36.8 Å². The molecule has 0 unspecified atom stereocenters. The molecular weight excluding hydrogens is 272 g/mol. The Morgan fingerprint density at radius 1 is 1.00 bits per heavy atom. The van der Waals surface area contributed by atoms with Crippen molar-refractivity contribution >= 4 is 5.97 Å². The summed E-state index contributed by atoms with van der Waals surface area (Å²) in [5.74, 6) is -0.0711. The van der Waals surface area contributed by atoms with Gasteiger partial charge in [-0.1, -0.05) is 63.8 Å². The summed E-state index contributed by atoms with van der Waals surface area (Å²) < 4.78 is 5.56. The van der Waals surface area contributed by atoms with Crippen LogP contribution in [-0.2, 0) is 16.0 Å². The number of unbranched alkanes of at least 4 members (excludes halogenated alkanes) is 4. The molecule has 0 aliphatic carbocycles. The largest absolute Gasteiger partial charge is 0.462 e. The molecule has 22 heavy (non-hydrogen) atoms. The van der Waals surface area contributed by atoms with Crippen LogP contribution in [0.25, 0.3) is 0 Å². The first-order valence-electron chi connectivity index (χ1n) is 9.04. The Kier molecular flexibility index (Phi) is 6.95. The van der Waals surface area contributed by atoms with Crippen LogP contribution in [-0.4, -0.2) is 12.1 Å². The van der Waals surface area contributed by atoms with Crippen LogP contribution < -0.4 is 0 Å². The van der Waals surface area contributed by atoms with Gasteiger partial charge in [-0.25, -0.2) is 0 Å². The zero-order valence-corrected chi connectivity index (χ0v) is 14.1. The highest BCUT2D eigenvalue weighted by molar-refractivity contribution is 5.80. The van der Waals surface area contributed by atoms with Crippen molar-refractivity contribution in [1.29, 1.82) is 0 Å². The highest BCUT2D eigenvalue weighted by Crippen LogP contribution is 2.33. The molecule has 1 fully saturated rings. The Morgan fingerprint density at radius 2 is 1.73 bits per heavy atom. The molecule has 0 saturated carbocycles. The van der Waals surface area contributed by atoms with Crippen molar-refractivity contribution in [2.24, 2.45) is 0 Å². The molecule has 0 bridgehead atoms. The molecule has 1 saturated heterocycles. The minimum Gasteiger partial charge on any atom is -0.462 e. The third-order valence-corrected chi connectivity index (χ3v) is 4.65. The van der Waals surface area contributed by atoms with Crippen LogP contribution >= 0.6 is 0 Å². The molecule has 1 aromatic carbocycles. The van der Waals surface area contributed by atoms with Gasteiger partial charge in [0, 0.05) is 6.42 Å². The van der Waals surface area contributed by atoms with E-state index >= 15 is 0 Å². The highest BCUT2D eigenvalue weighted by atomic mass is 16.5. The first-order valence-corrected chi connectivity index (χ1v) is 9.04. The standard InChI is InChI=1S/C20H30O2/c1-3-5-7-8-10-18-15-19(20(21)22-18)17-13-11-16(12-14-17)9-6-4-2/h11-14,18-19H,3-10,15H2,1-2H3/t18-,19-/m1/s1. The molecule has 2 heteroatoms. The zero-order chi connectivity index (χ0) is 15.8. The lowest BCUT2D eigenvalue weighted by atomic mass is 9.93. The van der Waals surface area contributed by atoms with Gasteiger partial charge >= 0.3 is 5.97 Å². The molecule has 122 valence electrons. The highest BCUT2D eigenvalue weighted by Gasteiger charge is 2.34. The fourth-order valence-corrected chi connectivity index (χ4v) is 3.20. The minimum absolute atomic E-state index is 0.0261. The Balaban J connectivity index is 1.85. The SMILES string of the molecule is CCCCCC[C@@H]1C[C@H](c2ccc(CCCC)cc2)C(=O)O1. The van der Waals surface area contributed by atoms with Gasteiger partial charge in [0.1, 0.15) is 6.10 Å². The molecule has 0 spiro atoms. The number of carbonyl (C=O) groups is 1. The fraction of sp³-hybridized carbons (Fsp3) is 0.650. The number of rotatable bonds is 9. The number of hydrogen-bond donors (Lipinski definition) is 0. The van der Waals surface area contributed by atoms with Gasteiger partial charge in [-0.15, -0.1) is 0 Å². The maximum Gasteiger partial charge on any atom is 0.313 e. The monoisotopic (exact) mass is 302 g/mol. The lowest BCUT2D eigenvalue weighted by molar-refractivity contribution is -0.142.